The molecule has 66 valence electrons. The first-order valence-corrected chi connectivity index (χ1v) is 3.98. The molecule has 0 aliphatic heterocycles. The molecule has 0 aliphatic rings. The molecule has 1 aromatic carbocycles. The lowest BCUT2D eigenvalue weighted by Gasteiger charge is -1.87. The molecule has 0 bridgehead atoms. The van der Waals surface area contributed by atoms with Crippen LogP contribution in [0.25, 0.3) is 6.08 Å². The lowest BCUT2D eigenvalue weighted by molar-refractivity contribution is 1.66. The summed E-state index contributed by atoms with van der Waals surface area (Å²) in [5.41, 5.74) is 3.46. The van der Waals surface area contributed by atoms with Gasteiger partial charge < -0.3 is 0 Å². The zero-order valence-corrected chi connectivity index (χ0v) is 7.74. The third kappa shape index (κ3) is 6.61. The van der Waals surface area contributed by atoms with E-state index in [0.717, 1.165) is 0 Å². The van der Waals surface area contributed by atoms with Crippen LogP contribution < -0.4 is 0 Å². The van der Waals surface area contributed by atoms with Crippen molar-refractivity contribution < 1.29 is 0 Å². The van der Waals surface area contributed by atoms with E-state index in [1.807, 2.05) is 30.4 Å². The Kier molecular flexibility index (Phi) is 7.18. The molecule has 0 unspecified atom stereocenters. The molecule has 0 nitrogen and oxygen atoms in total. The second-order valence-electron chi connectivity index (χ2n) is 2.26. The van der Waals surface area contributed by atoms with Crippen molar-refractivity contribution in [3.05, 3.63) is 73.5 Å². The second-order valence-corrected chi connectivity index (χ2v) is 2.26. The fraction of sp³-hybridized carbons (Fsp3) is 0. The number of hydrogen-bond donors (Lipinski definition) is 0. The summed E-state index contributed by atoms with van der Waals surface area (Å²) in [7, 11) is 0. The average Bonchev–Trinajstić information content (AvgIpc) is 2.18. The van der Waals surface area contributed by atoms with E-state index in [1.165, 1.54) is 5.56 Å². The third-order valence-electron chi connectivity index (χ3n) is 1.22. The van der Waals surface area contributed by atoms with Gasteiger partial charge >= 0.3 is 0 Å². The van der Waals surface area contributed by atoms with Crippen LogP contribution in [-0.2, 0) is 0 Å². The quantitative estimate of drug-likeness (QED) is 0.467. The van der Waals surface area contributed by atoms with Crippen LogP contribution in [-0.4, -0.2) is 0 Å². The second kappa shape index (κ2) is 8.32. The van der Waals surface area contributed by atoms with Crippen molar-refractivity contribution in [2.75, 3.05) is 0 Å². The molecule has 0 saturated carbocycles. The van der Waals surface area contributed by atoms with Crippen LogP contribution in [0.4, 0.5) is 0 Å². The van der Waals surface area contributed by atoms with E-state index in [2.05, 4.69) is 37.6 Å². The SMILES string of the molecule is C=C=C.C=CC=Cc1ccccc1. The predicted molar refractivity (Wildman–Crippen MR) is 60.4 cm³/mol. The Balaban J connectivity index is 0.000000424. The van der Waals surface area contributed by atoms with Gasteiger partial charge in [-0.2, -0.15) is 0 Å². The van der Waals surface area contributed by atoms with Crippen molar-refractivity contribution >= 4 is 6.08 Å². The Morgan fingerprint density at radius 1 is 1.08 bits per heavy atom. The summed E-state index contributed by atoms with van der Waals surface area (Å²) in [6, 6.07) is 10.1. The van der Waals surface area contributed by atoms with E-state index in [4.69, 9.17) is 0 Å². The van der Waals surface area contributed by atoms with Crippen molar-refractivity contribution in [1.82, 2.24) is 0 Å². The largest absolute Gasteiger partial charge is 0.137 e. The molecule has 1 rings (SSSR count). The van der Waals surface area contributed by atoms with Crippen LogP contribution >= 0.6 is 0 Å². The highest BCUT2D eigenvalue weighted by molar-refractivity contribution is 5.50. The zero-order chi connectivity index (χ0) is 9.94. The van der Waals surface area contributed by atoms with E-state index in [1.54, 1.807) is 6.08 Å². The summed E-state index contributed by atoms with van der Waals surface area (Å²) in [5, 5.41) is 0. The van der Waals surface area contributed by atoms with Gasteiger partial charge in [-0.3, -0.25) is 0 Å². The van der Waals surface area contributed by atoms with Gasteiger partial charge in [-0.15, -0.1) is 5.73 Å². The molecule has 0 spiro atoms. The minimum Gasteiger partial charge on any atom is -0.137 e. The van der Waals surface area contributed by atoms with Crippen molar-refractivity contribution in [2.45, 2.75) is 0 Å². The molecule has 0 heterocycles. The normalized spacial score (nSPS) is 8.31. The van der Waals surface area contributed by atoms with Gasteiger partial charge in [0.2, 0.25) is 0 Å². The molecule has 1 aromatic rings. The van der Waals surface area contributed by atoms with Gasteiger partial charge in [0.25, 0.3) is 0 Å². The summed E-state index contributed by atoms with van der Waals surface area (Å²) in [6.45, 7) is 9.84. The summed E-state index contributed by atoms with van der Waals surface area (Å²) in [6.07, 6.45) is 5.72. The van der Waals surface area contributed by atoms with Crippen LogP contribution in [0.5, 0.6) is 0 Å². The first-order valence-electron chi connectivity index (χ1n) is 3.98. The highest BCUT2D eigenvalue weighted by Crippen LogP contribution is 1.99. The van der Waals surface area contributed by atoms with E-state index in [0.29, 0.717) is 0 Å². The maximum atomic E-state index is 3.59. The zero-order valence-electron chi connectivity index (χ0n) is 7.74. The number of allylic oxidation sites excluding steroid dienone is 2. The Morgan fingerprint density at radius 3 is 2.08 bits per heavy atom. The molecule has 0 fully saturated rings. The number of hydrogen-bond acceptors (Lipinski definition) is 0. The molecule has 0 radical (unpaired) electrons. The van der Waals surface area contributed by atoms with Crippen LogP contribution in [0.3, 0.4) is 0 Å². The van der Waals surface area contributed by atoms with Crippen molar-refractivity contribution in [2.24, 2.45) is 0 Å². The van der Waals surface area contributed by atoms with Gasteiger partial charge in [0.15, 0.2) is 0 Å². The molecule has 0 amide bonds. The standard InChI is InChI=1S/C10H10.C3H4/c1-2-3-7-10-8-5-4-6-9-10;1-3-2/h2-9H,1H2;1-2H2. The van der Waals surface area contributed by atoms with Gasteiger partial charge in [-0.1, -0.05) is 68.3 Å². The van der Waals surface area contributed by atoms with E-state index in [9.17, 15) is 0 Å². The van der Waals surface area contributed by atoms with Gasteiger partial charge in [0.1, 0.15) is 0 Å². The number of rotatable bonds is 2. The lowest BCUT2D eigenvalue weighted by atomic mass is 10.2. The predicted octanol–water partition coefficient (Wildman–Crippen LogP) is 3.84. The Hall–Kier alpha value is -1.78. The summed E-state index contributed by atoms with van der Waals surface area (Å²) in [5.74, 6) is 0. The molecule has 0 atom stereocenters. The molecule has 0 heteroatoms. The van der Waals surface area contributed by atoms with Crippen LogP contribution in [0, 0.1) is 0 Å². The lowest BCUT2D eigenvalue weighted by Crippen LogP contribution is -1.65. The highest BCUT2D eigenvalue weighted by atomic mass is 13.8. The Morgan fingerprint density at radius 2 is 1.62 bits per heavy atom. The summed E-state index contributed by atoms with van der Waals surface area (Å²) < 4.78 is 0. The molecule has 0 aliphatic carbocycles. The van der Waals surface area contributed by atoms with Gasteiger partial charge in [-0.25, -0.2) is 0 Å². The minimum absolute atomic E-state index is 1.21. The fourth-order valence-electron chi connectivity index (χ4n) is 0.743. The van der Waals surface area contributed by atoms with Crippen molar-refractivity contribution in [3.8, 4) is 0 Å². The van der Waals surface area contributed by atoms with E-state index in [-0.39, 0.29) is 0 Å². The van der Waals surface area contributed by atoms with Gasteiger partial charge in [0.05, 0.1) is 0 Å². The maximum absolute atomic E-state index is 3.59. The van der Waals surface area contributed by atoms with Crippen molar-refractivity contribution in [1.29, 1.82) is 0 Å². The molecule has 0 saturated heterocycles. The first-order chi connectivity index (χ1) is 6.35. The highest BCUT2D eigenvalue weighted by Gasteiger charge is 1.78. The topological polar surface area (TPSA) is 0 Å². The van der Waals surface area contributed by atoms with Crippen LogP contribution in [0.2, 0.25) is 0 Å². The van der Waals surface area contributed by atoms with Crippen LogP contribution in [0.15, 0.2) is 68.0 Å². The summed E-state index contributed by atoms with van der Waals surface area (Å²) in [4.78, 5) is 0. The van der Waals surface area contributed by atoms with E-state index < -0.39 is 0 Å². The Bertz CT molecular complexity index is 285. The van der Waals surface area contributed by atoms with Crippen molar-refractivity contribution in [3.63, 3.8) is 0 Å². The minimum atomic E-state index is 1.21. The third-order valence-corrected chi connectivity index (χ3v) is 1.22. The number of benzene rings is 1. The fourth-order valence-corrected chi connectivity index (χ4v) is 0.743. The molecule has 13 heavy (non-hydrogen) atoms. The van der Waals surface area contributed by atoms with Crippen LogP contribution in [0.1, 0.15) is 5.56 Å². The first kappa shape index (κ1) is 11.2. The van der Waals surface area contributed by atoms with E-state index >= 15 is 0 Å². The average molecular weight is 170 g/mol. The molecule has 0 aromatic heterocycles. The van der Waals surface area contributed by atoms with Gasteiger partial charge in [0, 0.05) is 0 Å². The monoisotopic (exact) mass is 170 g/mol. The molecular weight excluding hydrogens is 156 g/mol. The summed E-state index contributed by atoms with van der Waals surface area (Å²) >= 11 is 0. The molecular formula is C13H14. The van der Waals surface area contributed by atoms with Gasteiger partial charge in [-0.05, 0) is 5.56 Å². The smallest absolute Gasteiger partial charge is 0.0257 e. The maximum Gasteiger partial charge on any atom is -0.0257 e. The Labute approximate surface area is 80.2 Å². The molecule has 0 N–H and O–H groups in total.